The molecular formula is C14H15F3N2O5S. The van der Waals surface area contributed by atoms with Gasteiger partial charge in [0, 0.05) is 6.54 Å². The molecule has 1 fully saturated rings. The topological polar surface area (TPSA) is 104 Å². The number of amides is 1. The van der Waals surface area contributed by atoms with Crippen LogP contribution in [0.1, 0.15) is 18.4 Å². The Labute approximate surface area is 141 Å². The molecule has 1 aliphatic heterocycles. The first-order valence-corrected chi connectivity index (χ1v) is 8.70. The summed E-state index contributed by atoms with van der Waals surface area (Å²) in [6.07, 6.45) is -3.96. The van der Waals surface area contributed by atoms with Crippen LogP contribution in [0, 0.1) is 0 Å². The Morgan fingerprint density at radius 3 is 2.60 bits per heavy atom. The van der Waals surface area contributed by atoms with Gasteiger partial charge in [-0.05, 0) is 31.0 Å². The number of carboxylic acids is 1. The summed E-state index contributed by atoms with van der Waals surface area (Å²) in [6, 6.07) is 2.08. The number of carboxylic acid groups (broad SMARTS) is 1. The van der Waals surface area contributed by atoms with E-state index in [9.17, 15) is 31.2 Å². The molecule has 0 aromatic heterocycles. The third kappa shape index (κ3) is 4.48. The van der Waals surface area contributed by atoms with Crippen molar-refractivity contribution >= 4 is 21.9 Å². The number of sulfonamides is 1. The molecular weight excluding hydrogens is 365 g/mol. The number of nitrogens with one attached hydrogen (secondary N) is 1. The van der Waals surface area contributed by atoms with Gasteiger partial charge >= 0.3 is 12.1 Å². The van der Waals surface area contributed by atoms with Crippen LogP contribution < -0.4 is 4.72 Å². The van der Waals surface area contributed by atoms with Crippen molar-refractivity contribution in [1.82, 2.24) is 9.62 Å². The van der Waals surface area contributed by atoms with Gasteiger partial charge in [0.2, 0.25) is 15.9 Å². The Morgan fingerprint density at radius 2 is 2.00 bits per heavy atom. The summed E-state index contributed by atoms with van der Waals surface area (Å²) in [5, 5.41) is 9.01. The SMILES string of the molecule is O=C(O)[C@@H]1CCCN1C(=O)CNS(=O)(=O)c1cccc(C(F)(F)F)c1. The number of carbonyl (C=O) groups is 2. The van der Waals surface area contributed by atoms with Gasteiger partial charge in [0.05, 0.1) is 17.0 Å². The van der Waals surface area contributed by atoms with Crippen LogP contribution in [-0.4, -0.2) is 49.4 Å². The highest BCUT2D eigenvalue weighted by Gasteiger charge is 2.35. The lowest BCUT2D eigenvalue weighted by molar-refractivity contribution is -0.147. The van der Waals surface area contributed by atoms with Crippen molar-refractivity contribution < 1.29 is 36.3 Å². The van der Waals surface area contributed by atoms with E-state index in [4.69, 9.17) is 5.11 Å². The predicted octanol–water partition coefficient (Wildman–Crippen LogP) is 1.06. The minimum atomic E-state index is -4.70. The lowest BCUT2D eigenvalue weighted by atomic mass is 10.2. The number of carbonyl (C=O) groups excluding carboxylic acids is 1. The average Bonchev–Trinajstić information content (AvgIpc) is 3.02. The molecule has 0 aliphatic carbocycles. The zero-order valence-electron chi connectivity index (χ0n) is 12.8. The number of alkyl halides is 3. The smallest absolute Gasteiger partial charge is 0.416 e. The Kier molecular flexibility index (Phi) is 5.37. The van der Waals surface area contributed by atoms with Gasteiger partial charge < -0.3 is 10.0 Å². The van der Waals surface area contributed by atoms with Crippen LogP contribution in [0.2, 0.25) is 0 Å². The summed E-state index contributed by atoms with van der Waals surface area (Å²) in [5.74, 6) is -1.94. The van der Waals surface area contributed by atoms with E-state index in [0.717, 1.165) is 23.1 Å². The predicted molar refractivity (Wildman–Crippen MR) is 79.0 cm³/mol. The zero-order valence-corrected chi connectivity index (χ0v) is 13.6. The van der Waals surface area contributed by atoms with Gasteiger partial charge in [0.25, 0.3) is 0 Å². The van der Waals surface area contributed by atoms with Crippen molar-refractivity contribution in [3.63, 3.8) is 0 Å². The van der Waals surface area contributed by atoms with Gasteiger partial charge in [0.15, 0.2) is 0 Å². The van der Waals surface area contributed by atoms with Gasteiger partial charge in [-0.3, -0.25) is 4.79 Å². The highest BCUT2D eigenvalue weighted by atomic mass is 32.2. The van der Waals surface area contributed by atoms with Crippen LogP contribution in [0.15, 0.2) is 29.2 Å². The van der Waals surface area contributed by atoms with Crippen LogP contribution in [0.25, 0.3) is 0 Å². The molecule has 1 heterocycles. The molecule has 1 aromatic rings. The maximum absolute atomic E-state index is 12.7. The monoisotopic (exact) mass is 380 g/mol. The third-order valence-electron chi connectivity index (χ3n) is 3.74. The standard InChI is InChI=1S/C14H15F3N2O5S/c15-14(16,17)9-3-1-4-10(7-9)25(23,24)18-8-12(20)19-6-2-5-11(19)13(21)22/h1,3-4,7,11,18H,2,5-6,8H2,(H,21,22)/t11-/m0/s1. The van der Waals surface area contributed by atoms with E-state index in [0.29, 0.717) is 12.5 Å². The largest absolute Gasteiger partial charge is 0.480 e. The van der Waals surface area contributed by atoms with Crippen LogP contribution in [0.4, 0.5) is 13.2 Å². The molecule has 25 heavy (non-hydrogen) atoms. The molecule has 1 amide bonds. The fourth-order valence-electron chi connectivity index (χ4n) is 2.50. The Morgan fingerprint density at radius 1 is 1.32 bits per heavy atom. The van der Waals surface area contributed by atoms with E-state index >= 15 is 0 Å². The van der Waals surface area contributed by atoms with E-state index in [-0.39, 0.29) is 13.0 Å². The molecule has 0 saturated carbocycles. The highest BCUT2D eigenvalue weighted by Crippen LogP contribution is 2.30. The van der Waals surface area contributed by atoms with Gasteiger partial charge in [0.1, 0.15) is 6.04 Å². The first kappa shape index (κ1) is 19.2. The van der Waals surface area contributed by atoms with E-state index < -0.39 is 51.1 Å². The normalized spacial score (nSPS) is 18.4. The minimum Gasteiger partial charge on any atom is -0.480 e. The van der Waals surface area contributed by atoms with Crippen molar-refractivity contribution in [2.45, 2.75) is 30.0 Å². The fraction of sp³-hybridized carbons (Fsp3) is 0.429. The molecule has 11 heteroatoms. The minimum absolute atomic E-state index is 0.182. The number of aliphatic carboxylic acids is 1. The number of nitrogens with zero attached hydrogens (tertiary/aromatic N) is 1. The second kappa shape index (κ2) is 7.00. The second-order valence-electron chi connectivity index (χ2n) is 5.43. The van der Waals surface area contributed by atoms with E-state index in [2.05, 4.69) is 0 Å². The first-order chi connectivity index (χ1) is 11.5. The number of rotatable bonds is 5. The van der Waals surface area contributed by atoms with Crippen molar-refractivity contribution in [3.05, 3.63) is 29.8 Å². The molecule has 0 unspecified atom stereocenters. The van der Waals surface area contributed by atoms with E-state index in [1.807, 2.05) is 4.72 Å². The Hall–Kier alpha value is -2.14. The van der Waals surface area contributed by atoms with Crippen LogP contribution in [0.3, 0.4) is 0 Å². The second-order valence-corrected chi connectivity index (χ2v) is 7.20. The Bertz CT molecular complexity index is 779. The van der Waals surface area contributed by atoms with E-state index in [1.54, 1.807) is 0 Å². The van der Waals surface area contributed by atoms with Gasteiger partial charge in [-0.2, -0.15) is 13.2 Å². The number of benzene rings is 1. The van der Waals surface area contributed by atoms with Crippen molar-refractivity contribution in [2.24, 2.45) is 0 Å². The van der Waals surface area contributed by atoms with Crippen LogP contribution in [0.5, 0.6) is 0 Å². The van der Waals surface area contributed by atoms with Crippen molar-refractivity contribution in [3.8, 4) is 0 Å². The van der Waals surface area contributed by atoms with Crippen molar-refractivity contribution in [2.75, 3.05) is 13.1 Å². The van der Waals surface area contributed by atoms with Crippen molar-refractivity contribution in [1.29, 1.82) is 0 Å². The maximum Gasteiger partial charge on any atom is 0.416 e. The molecule has 2 rings (SSSR count). The molecule has 1 aromatic carbocycles. The molecule has 7 nitrogen and oxygen atoms in total. The molecule has 138 valence electrons. The first-order valence-electron chi connectivity index (χ1n) is 7.21. The third-order valence-corrected chi connectivity index (χ3v) is 5.14. The molecule has 1 aliphatic rings. The van der Waals surface area contributed by atoms with Crippen LogP contribution >= 0.6 is 0 Å². The summed E-state index contributed by atoms with van der Waals surface area (Å²) in [6.45, 7) is -0.552. The average molecular weight is 380 g/mol. The van der Waals surface area contributed by atoms with Crippen LogP contribution in [-0.2, 0) is 25.8 Å². The molecule has 0 radical (unpaired) electrons. The maximum atomic E-state index is 12.7. The van der Waals surface area contributed by atoms with Gasteiger partial charge in [-0.25, -0.2) is 17.9 Å². The molecule has 2 N–H and O–H groups in total. The van der Waals surface area contributed by atoms with E-state index in [1.165, 1.54) is 0 Å². The molecule has 0 spiro atoms. The fourth-order valence-corrected chi connectivity index (χ4v) is 3.52. The summed E-state index contributed by atoms with van der Waals surface area (Å²) >= 11 is 0. The lowest BCUT2D eigenvalue weighted by Crippen LogP contribution is -2.45. The summed E-state index contributed by atoms with van der Waals surface area (Å²) in [7, 11) is -4.35. The molecule has 1 atom stereocenters. The summed E-state index contributed by atoms with van der Waals surface area (Å²) < 4.78 is 64.1. The van der Waals surface area contributed by atoms with Gasteiger partial charge in [-0.1, -0.05) is 6.07 Å². The highest BCUT2D eigenvalue weighted by molar-refractivity contribution is 7.89. The summed E-state index contributed by atoms with van der Waals surface area (Å²) in [4.78, 5) is 23.5. The number of halogens is 3. The quantitative estimate of drug-likeness (QED) is 0.795. The lowest BCUT2D eigenvalue weighted by Gasteiger charge is -2.21. The summed E-state index contributed by atoms with van der Waals surface area (Å²) in [5.41, 5.74) is -1.13. The number of hydrogen-bond acceptors (Lipinski definition) is 4. The zero-order chi connectivity index (χ0) is 18.8. The Balaban J connectivity index is 2.09. The van der Waals surface area contributed by atoms with Gasteiger partial charge in [-0.15, -0.1) is 0 Å². The molecule has 0 bridgehead atoms. The molecule has 1 saturated heterocycles. The number of hydrogen-bond donors (Lipinski definition) is 2. The number of likely N-dealkylation sites (tertiary alicyclic amines) is 1.